The van der Waals surface area contributed by atoms with E-state index < -0.39 is 60.9 Å². The Bertz CT molecular complexity index is 583. The van der Waals surface area contributed by atoms with Crippen LogP contribution in [0.5, 0.6) is 0 Å². The second-order valence-electron chi connectivity index (χ2n) is 6.27. The maximum absolute atomic E-state index is 12.4. The number of aliphatic carboxylic acids is 2. The molecule has 28 heavy (non-hydrogen) atoms. The van der Waals surface area contributed by atoms with Gasteiger partial charge in [-0.25, -0.2) is 0 Å². The zero-order valence-corrected chi connectivity index (χ0v) is 15.8. The van der Waals surface area contributed by atoms with Gasteiger partial charge in [-0.3, -0.25) is 24.0 Å². The van der Waals surface area contributed by atoms with Crippen molar-refractivity contribution in [3.8, 4) is 0 Å². The lowest BCUT2D eigenvalue weighted by atomic mass is 9.98. The first-order chi connectivity index (χ1) is 13.0. The average molecular weight is 404 g/mol. The first kappa shape index (κ1) is 25.3. The topological polar surface area (TPSA) is 208 Å². The summed E-state index contributed by atoms with van der Waals surface area (Å²) in [5.41, 5.74) is 5.55. The van der Waals surface area contributed by atoms with Crippen LogP contribution in [0.3, 0.4) is 0 Å². The van der Waals surface area contributed by atoms with Crippen LogP contribution >= 0.6 is 0 Å². The normalized spacial score (nSPS) is 14.9. The van der Waals surface area contributed by atoms with Crippen molar-refractivity contribution in [3.63, 3.8) is 0 Å². The van der Waals surface area contributed by atoms with Gasteiger partial charge in [-0.2, -0.15) is 0 Å². The molecule has 0 saturated carbocycles. The predicted octanol–water partition coefficient (Wildman–Crippen LogP) is -2.61. The molecule has 3 amide bonds. The van der Waals surface area contributed by atoms with Crippen molar-refractivity contribution in [2.75, 3.05) is 13.2 Å². The molecule has 0 aliphatic heterocycles. The van der Waals surface area contributed by atoms with E-state index in [0.29, 0.717) is 6.42 Å². The minimum Gasteiger partial charge on any atom is -0.481 e. The fraction of sp³-hybridized carbons (Fsp3) is 0.688. The fourth-order valence-electron chi connectivity index (χ4n) is 2.11. The van der Waals surface area contributed by atoms with Gasteiger partial charge in [0.25, 0.3) is 0 Å². The van der Waals surface area contributed by atoms with Crippen molar-refractivity contribution >= 4 is 29.7 Å². The standard InChI is InChI=1S/C16H28N4O8/c1-3-8(2)13(16(28)18-6-12(24)25)20-15(27)10(7-21)19-14(26)9(17)4-5-11(22)23/h8-10,13,21H,3-7,17H2,1-2H3,(H,18,28)(H,19,26)(H,20,27)(H,22,23)(H,24,25). The van der Waals surface area contributed by atoms with E-state index in [9.17, 15) is 29.1 Å². The Kier molecular flexibility index (Phi) is 11.4. The predicted molar refractivity (Wildman–Crippen MR) is 95.9 cm³/mol. The molecular weight excluding hydrogens is 376 g/mol. The second-order valence-corrected chi connectivity index (χ2v) is 6.27. The number of aliphatic hydroxyl groups excluding tert-OH is 1. The molecule has 0 saturated heterocycles. The third-order valence-corrected chi connectivity index (χ3v) is 4.03. The summed E-state index contributed by atoms with van der Waals surface area (Å²) in [6.45, 7) is 2.02. The molecule has 12 nitrogen and oxygen atoms in total. The van der Waals surface area contributed by atoms with E-state index in [-0.39, 0.29) is 18.8 Å². The van der Waals surface area contributed by atoms with Crippen LogP contribution in [-0.2, 0) is 24.0 Å². The minimum absolute atomic E-state index is 0.159. The second kappa shape index (κ2) is 12.6. The summed E-state index contributed by atoms with van der Waals surface area (Å²) in [7, 11) is 0. The van der Waals surface area contributed by atoms with Gasteiger partial charge in [-0.1, -0.05) is 20.3 Å². The van der Waals surface area contributed by atoms with Crippen molar-refractivity contribution in [1.82, 2.24) is 16.0 Å². The summed E-state index contributed by atoms with van der Waals surface area (Å²) in [5, 5.41) is 33.4. The molecule has 0 radical (unpaired) electrons. The maximum atomic E-state index is 12.4. The Morgan fingerprint density at radius 2 is 1.57 bits per heavy atom. The Morgan fingerprint density at radius 1 is 0.964 bits per heavy atom. The monoisotopic (exact) mass is 404 g/mol. The first-order valence-electron chi connectivity index (χ1n) is 8.71. The van der Waals surface area contributed by atoms with E-state index >= 15 is 0 Å². The number of rotatable bonds is 13. The number of carboxylic acids is 2. The smallest absolute Gasteiger partial charge is 0.322 e. The number of carboxylic acid groups (broad SMARTS) is 2. The van der Waals surface area contributed by atoms with Gasteiger partial charge < -0.3 is 37.0 Å². The first-order valence-corrected chi connectivity index (χ1v) is 8.71. The number of amides is 3. The van der Waals surface area contributed by atoms with Crippen molar-refractivity contribution in [3.05, 3.63) is 0 Å². The van der Waals surface area contributed by atoms with E-state index in [4.69, 9.17) is 15.9 Å². The number of aliphatic hydroxyl groups is 1. The average Bonchev–Trinajstić information content (AvgIpc) is 2.64. The highest BCUT2D eigenvalue weighted by Gasteiger charge is 2.30. The van der Waals surface area contributed by atoms with Crippen LogP contribution < -0.4 is 21.7 Å². The molecule has 0 fully saturated rings. The van der Waals surface area contributed by atoms with E-state index in [1.54, 1.807) is 13.8 Å². The third-order valence-electron chi connectivity index (χ3n) is 4.03. The van der Waals surface area contributed by atoms with Gasteiger partial charge in [0.1, 0.15) is 18.6 Å². The molecule has 0 aromatic rings. The molecule has 0 bridgehead atoms. The summed E-state index contributed by atoms with van der Waals surface area (Å²) in [5.74, 6) is -5.15. The summed E-state index contributed by atoms with van der Waals surface area (Å²) in [4.78, 5) is 57.6. The molecule has 0 spiro atoms. The number of carbonyl (C=O) groups is 5. The lowest BCUT2D eigenvalue weighted by Crippen LogP contribution is -2.58. The van der Waals surface area contributed by atoms with Gasteiger partial charge in [0.05, 0.1) is 12.6 Å². The largest absolute Gasteiger partial charge is 0.481 e. The van der Waals surface area contributed by atoms with Gasteiger partial charge in [-0.15, -0.1) is 0 Å². The molecule has 8 N–H and O–H groups in total. The van der Waals surface area contributed by atoms with Crippen LogP contribution in [0.1, 0.15) is 33.1 Å². The summed E-state index contributed by atoms with van der Waals surface area (Å²) < 4.78 is 0. The van der Waals surface area contributed by atoms with Crippen LogP contribution in [0.4, 0.5) is 0 Å². The summed E-state index contributed by atoms with van der Waals surface area (Å²) in [6.07, 6.45) is -0.0138. The van der Waals surface area contributed by atoms with Gasteiger partial charge >= 0.3 is 11.9 Å². The third kappa shape index (κ3) is 9.28. The molecule has 0 aromatic carbocycles. The molecule has 4 atom stereocenters. The number of nitrogens with one attached hydrogen (secondary N) is 3. The Labute approximate surface area is 161 Å². The van der Waals surface area contributed by atoms with Gasteiger partial charge in [0.2, 0.25) is 17.7 Å². The van der Waals surface area contributed by atoms with Crippen LogP contribution in [0, 0.1) is 5.92 Å². The van der Waals surface area contributed by atoms with Crippen molar-refractivity contribution in [2.45, 2.75) is 51.2 Å². The Balaban J connectivity index is 4.99. The van der Waals surface area contributed by atoms with Gasteiger partial charge in [0, 0.05) is 6.42 Å². The van der Waals surface area contributed by atoms with E-state index in [1.807, 2.05) is 0 Å². The number of nitrogens with two attached hydrogens (primary N) is 1. The molecule has 0 rings (SSSR count). The van der Waals surface area contributed by atoms with E-state index in [2.05, 4.69) is 16.0 Å². The van der Waals surface area contributed by atoms with Crippen molar-refractivity contribution < 1.29 is 39.3 Å². The highest BCUT2D eigenvalue weighted by molar-refractivity contribution is 5.93. The minimum atomic E-state index is -1.41. The zero-order valence-electron chi connectivity index (χ0n) is 15.8. The summed E-state index contributed by atoms with van der Waals surface area (Å²) in [6, 6.07) is -3.69. The quantitative estimate of drug-likeness (QED) is 0.171. The Morgan fingerprint density at radius 3 is 2.04 bits per heavy atom. The highest BCUT2D eigenvalue weighted by atomic mass is 16.4. The summed E-state index contributed by atoms with van der Waals surface area (Å²) >= 11 is 0. The van der Waals surface area contributed by atoms with Crippen LogP contribution in [-0.4, -0.2) is 76.3 Å². The fourth-order valence-corrected chi connectivity index (χ4v) is 2.11. The number of hydrogen-bond donors (Lipinski definition) is 7. The lowest BCUT2D eigenvalue weighted by Gasteiger charge is -2.26. The maximum Gasteiger partial charge on any atom is 0.322 e. The zero-order chi connectivity index (χ0) is 21.9. The Hall–Kier alpha value is -2.73. The van der Waals surface area contributed by atoms with Crippen LogP contribution in [0.15, 0.2) is 0 Å². The molecule has 12 heteroatoms. The van der Waals surface area contributed by atoms with Crippen molar-refractivity contribution in [1.29, 1.82) is 0 Å². The number of hydrogen-bond acceptors (Lipinski definition) is 7. The lowest BCUT2D eigenvalue weighted by molar-refractivity contribution is -0.139. The molecule has 4 unspecified atom stereocenters. The van der Waals surface area contributed by atoms with Crippen LogP contribution in [0.2, 0.25) is 0 Å². The molecule has 0 aliphatic carbocycles. The molecule has 0 aliphatic rings. The molecule has 160 valence electrons. The molecule has 0 aromatic heterocycles. The van der Waals surface area contributed by atoms with Crippen LogP contribution in [0.25, 0.3) is 0 Å². The SMILES string of the molecule is CCC(C)C(NC(=O)C(CO)NC(=O)C(N)CCC(=O)O)C(=O)NCC(=O)O. The van der Waals surface area contributed by atoms with E-state index in [0.717, 1.165) is 0 Å². The number of carbonyl (C=O) groups excluding carboxylic acids is 3. The van der Waals surface area contributed by atoms with Gasteiger partial charge in [-0.05, 0) is 12.3 Å². The molecule has 0 heterocycles. The van der Waals surface area contributed by atoms with Gasteiger partial charge in [0.15, 0.2) is 0 Å². The van der Waals surface area contributed by atoms with Crippen molar-refractivity contribution in [2.24, 2.45) is 11.7 Å². The highest BCUT2D eigenvalue weighted by Crippen LogP contribution is 2.08. The molecular formula is C16H28N4O8. The van der Waals surface area contributed by atoms with E-state index in [1.165, 1.54) is 0 Å².